The largest absolute Gasteiger partial charge is 0.508 e. The SMILES string of the molecule is CCCN(CCc1cc(O)c(CCN(CCC)[C@H]2CCc3nc(N)sc3C2)cc1O)[C@H]1CCc2nc(N)sc2C1. The number of phenolic OH excluding ortho intramolecular Hbond substituents is 2. The summed E-state index contributed by atoms with van der Waals surface area (Å²) in [5, 5.41) is 23.2. The summed E-state index contributed by atoms with van der Waals surface area (Å²) in [5.74, 6) is 0.574. The second kappa shape index (κ2) is 13.1. The van der Waals surface area contributed by atoms with Crippen LogP contribution in [-0.2, 0) is 38.5 Å². The van der Waals surface area contributed by atoms with E-state index in [1.807, 2.05) is 0 Å². The number of nitrogen functional groups attached to an aromatic ring is 2. The molecule has 218 valence electrons. The minimum atomic E-state index is 0.287. The minimum Gasteiger partial charge on any atom is -0.508 e. The normalized spacial score (nSPS) is 18.8. The molecule has 0 bridgehead atoms. The van der Waals surface area contributed by atoms with Crippen molar-refractivity contribution in [2.45, 2.75) is 90.1 Å². The van der Waals surface area contributed by atoms with Crippen LogP contribution in [0.1, 0.15) is 71.8 Å². The Labute approximate surface area is 246 Å². The molecule has 0 radical (unpaired) electrons. The summed E-state index contributed by atoms with van der Waals surface area (Å²) >= 11 is 3.25. The summed E-state index contributed by atoms with van der Waals surface area (Å²) in [6.45, 7) is 8.16. The van der Waals surface area contributed by atoms with Gasteiger partial charge in [0.25, 0.3) is 0 Å². The van der Waals surface area contributed by atoms with Gasteiger partial charge < -0.3 is 21.7 Å². The highest BCUT2D eigenvalue weighted by Gasteiger charge is 2.28. The van der Waals surface area contributed by atoms with E-state index in [1.165, 1.54) is 21.1 Å². The van der Waals surface area contributed by atoms with E-state index >= 15 is 0 Å². The highest BCUT2D eigenvalue weighted by atomic mass is 32.1. The Morgan fingerprint density at radius 2 is 1.18 bits per heavy atom. The van der Waals surface area contributed by atoms with Gasteiger partial charge in [0, 0.05) is 34.9 Å². The van der Waals surface area contributed by atoms with Gasteiger partial charge in [0.15, 0.2) is 10.3 Å². The maximum Gasteiger partial charge on any atom is 0.180 e. The number of aromatic hydroxyl groups is 2. The standard InChI is InChI=1S/C30H44N6O2S2/c1-3-11-35(21-5-7-23-27(17-21)39-29(31)33-23)13-9-19-15-26(38)20(16-25(19)37)10-14-36(12-4-2)22-6-8-24-28(18-22)40-30(32)34-24/h15-16,21-22,37-38H,3-14,17-18H2,1-2H3,(H2,31,33)(H2,32,34)/t21-,22-/m0/s1. The van der Waals surface area contributed by atoms with E-state index in [0.717, 1.165) is 88.7 Å². The molecule has 5 rings (SSSR count). The number of thiazole rings is 2. The fraction of sp³-hybridized carbons (Fsp3) is 0.600. The molecule has 0 unspecified atom stereocenters. The van der Waals surface area contributed by atoms with Gasteiger partial charge in [0.05, 0.1) is 11.4 Å². The number of nitrogens with zero attached hydrogens (tertiary/aromatic N) is 4. The smallest absolute Gasteiger partial charge is 0.180 e. The summed E-state index contributed by atoms with van der Waals surface area (Å²) in [5.41, 5.74) is 15.9. The monoisotopic (exact) mass is 584 g/mol. The van der Waals surface area contributed by atoms with Crippen molar-refractivity contribution in [2.75, 3.05) is 37.6 Å². The number of fused-ring (bicyclic) bond motifs is 2. The van der Waals surface area contributed by atoms with Crippen LogP contribution in [0.5, 0.6) is 11.5 Å². The molecule has 0 spiro atoms. The molecular weight excluding hydrogens is 541 g/mol. The Morgan fingerprint density at radius 3 is 1.57 bits per heavy atom. The number of hydrogen-bond donors (Lipinski definition) is 4. The Hall–Kier alpha value is -2.40. The number of rotatable bonds is 12. The first-order chi connectivity index (χ1) is 19.3. The molecule has 2 atom stereocenters. The summed E-state index contributed by atoms with van der Waals surface area (Å²) in [7, 11) is 0. The van der Waals surface area contributed by atoms with Gasteiger partial charge in [0.2, 0.25) is 0 Å². The zero-order chi connectivity index (χ0) is 28.2. The fourth-order valence-electron chi connectivity index (χ4n) is 6.50. The lowest BCUT2D eigenvalue weighted by molar-refractivity contribution is 0.181. The first-order valence-electron chi connectivity index (χ1n) is 14.8. The lowest BCUT2D eigenvalue weighted by Crippen LogP contribution is -2.41. The highest BCUT2D eigenvalue weighted by molar-refractivity contribution is 7.15. The first-order valence-corrected chi connectivity index (χ1v) is 16.5. The first kappa shape index (κ1) is 29.1. The summed E-state index contributed by atoms with van der Waals surface area (Å²) < 4.78 is 0. The molecule has 2 aliphatic rings. The predicted molar refractivity (Wildman–Crippen MR) is 166 cm³/mol. The van der Waals surface area contributed by atoms with E-state index in [2.05, 4.69) is 33.6 Å². The molecule has 0 saturated carbocycles. The third-order valence-corrected chi connectivity index (χ3v) is 10.4. The average molecular weight is 585 g/mol. The van der Waals surface area contributed by atoms with Crippen molar-refractivity contribution >= 4 is 32.9 Å². The van der Waals surface area contributed by atoms with Crippen molar-refractivity contribution in [1.29, 1.82) is 0 Å². The molecular formula is C30H44N6O2S2. The van der Waals surface area contributed by atoms with Gasteiger partial charge in [-0.2, -0.15) is 0 Å². The molecule has 1 aromatic carbocycles. The number of aromatic nitrogens is 2. The van der Waals surface area contributed by atoms with Crippen LogP contribution in [-0.4, -0.2) is 68.2 Å². The van der Waals surface area contributed by atoms with Crippen LogP contribution in [0.25, 0.3) is 0 Å². The zero-order valence-electron chi connectivity index (χ0n) is 23.9. The summed E-state index contributed by atoms with van der Waals surface area (Å²) in [4.78, 5) is 16.7. The van der Waals surface area contributed by atoms with E-state index in [1.54, 1.807) is 34.8 Å². The number of anilines is 2. The van der Waals surface area contributed by atoms with Gasteiger partial charge in [-0.1, -0.05) is 13.8 Å². The number of benzene rings is 1. The van der Waals surface area contributed by atoms with Crippen LogP contribution < -0.4 is 11.5 Å². The lowest BCUT2D eigenvalue weighted by Gasteiger charge is -2.34. The lowest BCUT2D eigenvalue weighted by atomic mass is 9.95. The second-order valence-electron chi connectivity index (χ2n) is 11.3. The zero-order valence-corrected chi connectivity index (χ0v) is 25.5. The Balaban J connectivity index is 1.20. The van der Waals surface area contributed by atoms with Crippen LogP contribution in [0.2, 0.25) is 0 Å². The van der Waals surface area contributed by atoms with E-state index in [0.29, 0.717) is 35.2 Å². The van der Waals surface area contributed by atoms with Crippen LogP contribution in [0.3, 0.4) is 0 Å². The Morgan fingerprint density at radius 1 is 0.750 bits per heavy atom. The van der Waals surface area contributed by atoms with Crippen molar-refractivity contribution < 1.29 is 10.2 Å². The summed E-state index contributed by atoms with van der Waals surface area (Å²) in [6.07, 6.45) is 9.68. The van der Waals surface area contributed by atoms with E-state index in [9.17, 15) is 10.2 Å². The highest BCUT2D eigenvalue weighted by Crippen LogP contribution is 2.33. The molecule has 6 N–H and O–H groups in total. The third kappa shape index (κ3) is 6.73. The van der Waals surface area contributed by atoms with Crippen molar-refractivity contribution in [1.82, 2.24) is 19.8 Å². The molecule has 2 aliphatic carbocycles. The number of hydrogen-bond acceptors (Lipinski definition) is 10. The predicted octanol–water partition coefficient (Wildman–Crippen LogP) is 4.80. The molecule has 3 aromatic rings. The summed E-state index contributed by atoms with van der Waals surface area (Å²) in [6, 6.07) is 4.50. The van der Waals surface area contributed by atoms with E-state index in [4.69, 9.17) is 11.5 Å². The van der Waals surface area contributed by atoms with Crippen LogP contribution in [0.15, 0.2) is 12.1 Å². The van der Waals surface area contributed by atoms with Gasteiger partial charge in [-0.25, -0.2) is 9.97 Å². The molecule has 0 saturated heterocycles. The van der Waals surface area contributed by atoms with Gasteiger partial charge in [0.1, 0.15) is 11.5 Å². The fourth-order valence-corrected chi connectivity index (χ4v) is 8.40. The molecule has 10 heteroatoms. The maximum atomic E-state index is 10.9. The van der Waals surface area contributed by atoms with Crippen molar-refractivity contribution in [2.24, 2.45) is 0 Å². The van der Waals surface area contributed by atoms with Crippen molar-refractivity contribution in [3.63, 3.8) is 0 Å². The maximum absolute atomic E-state index is 10.9. The van der Waals surface area contributed by atoms with Crippen LogP contribution >= 0.6 is 22.7 Å². The number of nitrogens with two attached hydrogens (primary N) is 2. The van der Waals surface area contributed by atoms with E-state index in [-0.39, 0.29) is 11.5 Å². The van der Waals surface area contributed by atoms with Crippen molar-refractivity contribution in [3.05, 3.63) is 44.4 Å². The second-order valence-corrected chi connectivity index (χ2v) is 13.5. The molecule has 0 fully saturated rings. The molecule has 2 aromatic heterocycles. The minimum absolute atomic E-state index is 0.287. The molecule has 0 aliphatic heterocycles. The Bertz CT molecular complexity index is 1190. The number of phenols is 2. The van der Waals surface area contributed by atoms with Crippen LogP contribution in [0, 0.1) is 0 Å². The molecule has 40 heavy (non-hydrogen) atoms. The van der Waals surface area contributed by atoms with Crippen molar-refractivity contribution in [3.8, 4) is 11.5 Å². The molecule has 8 nitrogen and oxygen atoms in total. The van der Waals surface area contributed by atoms with E-state index < -0.39 is 0 Å². The van der Waals surface area contributed by atoms with Gasteiger partial charge in [-0.3, -0.25) is 9.80 Å². The number of aryl methyl sites for hydroxylation is 2. The van der Waals surface area contributed by atoms with Crippen LogP contribution in [0.4, 0.5) is 10.3 Å². The van der Waals surface area contributed by atoms with Gasteiger partial charge >= 0.3 is 0 Å². The van der Waals surface area contributed by atoms with Gasteiger partial charge in [-0.05, 0) is 101 Å². The molecule has 0 amide bonds. The molecule has 2 heterocycles. The quantitative estimate of drug-likeness (QED) is 0.224. The average Bonchev–Trinajstić information content (AvgIpc) is 3.50. The Kier molecular flexibility index (Phi) is 9.50. The third-order valence-electron chi connectivity index (χ3n) is 8.53. The van der Waals surface area contributed by atoms with Gasteiger partial charge in [-0.15, -0.1) is 22.7 Å². The topological polar surface area (TPSA) is 125 Å².